The molecule has 1 atom stereocenters. The molecule has 4 nitrogen and oxygen atoms in total. The fourth-order valence-corrected chi connectivity index (χ4v) is 2.07. The molecule has 1 amide bonds. The normalized spacial score (nSPS) is 19.1. The van der Waals surface area contributed by atoms with Gasteiger partial charge in [0.25, 0.3) is 0 Å². The SMILES string of the molecule is O=C(NCCOCc1ccccc1)[C@H]1CCCCO1. The monoisotopic (exact) mass is 263 g/mol. The number of rotatable bonds is 6. The molecular formula is C15H21NO3. The third-order valence-electron chi connectivity index (χ3n) is 3.13. The Morgan fingerprint density at radius 3 is 2.89 bits per heavy atom. The van der Waals surface area contributed by atoms with Crippen LogP contribution in [0.25, 0.3) is 0 Å². The van der Waals surface area contributed by atoms with Gasteiger partial charge < -0.3 is 14.8 Å². The summed E-state index contributed by atoms with van der Waals surface area (Å²) < 4.78 is 10.9. The molecule has 2 rings (SSSR count). The number of nitrogens with one attached hydrogen (secondary N) is 1. The van der Waals surface area contributed by atoms with Gasteiger partial charge in [-0.25, -0.2) is 0 Å². The fourth-order valence-electron chi connectivity index (χ4n) is 2.07. The minimum atomic E-state index is -0.261. The molecule has 1 N–H and O–H groups in total. The van der Waals surface area contributed by atoms with Crippen LogP contribution in [0.5, 0.6) is 0 Å². The first-order valence-electron chi connectivity index (χ1n) is 6.87. The maximum atomic E-state index is 11.7. The quantitative estimate of drug-likeness (QED) is 0.797. The van der Waals surface area contributed by atoms with E-state index >= 15 is 0 Å². The van der Waals surface area contributed by atoms with Gasteiger partial charge >= 0.3 is 0 Å². The highest BCUT2D eigenvalue weighted by Gasteiger charge is 2.21. The summed E-state index contributed by atoms with van der Waals surface area (Å²) in [4.78, 5) is 11.7. The summed E-state index contributed by atoms with van der Waals surface area (Å²) >= 11 is 0. The van der Waals surface area contributed by atoms with E-state index in [1.165, 1.54) is 0 Å². The number of amides is 1. The summed E-state index contributed by atoms with van der Waals surface area (Å²) in [5, 5.41) is 2.85. The first kappa shape index (κ1) is 14.0. The maximum absolute atomic E-state index is 11.7. The molecule has 104 valence electrons. The van der Waals surface area contributed by atoms with Crippen molar-refractivity contribution in [2.75, 3.05) is 19.8 Å². The van der Waals surface area contributed by atoms with Gasteiger partial charge in [-0.05, 0) is 24.8 Å². The lowest BCUT2D eigenvalue weighted by Gasteiger charge is -2.21. The highest BCUT2D eigenvalue weighted by molar-refractivity contribution is 5.80. The van der Waals surface area contributed by atoms with Crippen molar-refractivity contribution in [1.29, 1.82) is 0 Å². The van der Waals surface area contributed by atoms with E-state index in [0.29, 0.717) is 26.4 Å². The largest absolute Gasteiger partial charge is 0.375 e. The molecule has 1 heterocycles. The molecule has 0 spiro atoms. The molecule has 0 aliphatic carbocycles. The van der Waals surface area contributed by atoms with Crippen LogP contribution in [0.1, 0.15) is 24.8 Å². The number of benzene rings is 1. The molecule has 19 heavy (non-hydrogen) atoms. The molecule has 0 unspecified atom stereocenters. The van der Waals surface area contributed by atoms with Gasteiger partial charge in [0.2, 0.25) is 5.91 Å². The van der Waals surface area contributed by atoms with Crippen LogP contribution in [0.4, 0.5) is 0 Å². The van der Waals surface area contributed by atoms with Crippen LogP contribution in [0.15, 0.2) is 30.3 Å². The van der Waals surface area contributed by atoms with Crippen molar-refractivity contribution in [2.24, 2.45) is 0 Å². The molecule has 1 fully saturated rings. The molecule has 1 aliphatic rings. The van der Waals surface area contributed by atoms with E-state index in [9.17, 15) is 4.79 Å². The van der Waals surface area contributed by atoms with Gasteiger partial charge in [0.05, 0.1) is 13.2 Å². The molecule has 1 aromatic carbocycles. The topological polar surface area (TPSA) is 47.6 Å². The minimum absolute atomic E-state index is 0.0111. The molecule has 0 saturated carbocycles. The van der Waals surface area contributed by atoms with E-state index in [-0.39, 0.29) is 12.0 Å². The molecule has 1 aliphatic heterocycles. The standard InChI is InChI=1S/C15H21NO3/c17-15(14-8-4-5-10-19-14)16-9-11-18-12-13-6-2-1-3-7-13/h1-3,6-7,14H,4-5,8-12H2,(H,16,17)/t14-/m1/s1. The van der Waals surface area contributed by atoms with Crippen molar-refractivity contribution in [1.82, 2.24) is 5.32 Å². The number of carbonyl (C=O) groups is 1. The molecular weight excluding hydrogens is 242 g/mol. The lowest BCUT2D eigenvalue weighted by atomic mass is 10.1. The highest BCUT2D eigenvalue weighted by Crippen LogP contribution is 2.12. The Kier molecular flexibility index (Phi) is 5.85. The highest BCUT2D eigenvalue weighted by atomic mass is 16.5. The second-order valence-corrected chi connectivity index (χ2v) is 4.68. The smallest absolute Gasteiger partial charge is 0.249 e. The molecule has 0 bridgehead atoms. The van der Waals surface area contributed by atoms with Crippen molar-refractivity contribution < 1.29 is 14.3 Å². The van der Waals surface area contributed by atoms with Crippen LogP contribution < -0.4 is 5.32 Å². The number of ether oxygens (including phenoxy) is 2. The van der Waals surface area contributed by atoms with Crippen LogP contribution in [0.3, 0.4) is 0 Å². The van der Waals surface area contributed by atoms with E-state index in [1.54, 1.807) is 0 Å². The number of hydrogen-bond donors (Lipinski definition) is 1. The molecule has 0 radical (unpaired) electrons. The third kappa shape index (κ3) is 5.01. The molecule has 1 aromatic rings. The van der Waals surface area contributed by atoms with Gasteiger partial charge in [0, 0.05) is 13.2 Å². The van der Waals surface area contributed by atoms with Crippen LogP contribution >= 0.6 is 0 Å². The number of carbonyl (C=O) groups excluding carboxylic acids is 1. The zero-order chi connectivity index (χ0) is 13.3. The zero-order valence-corrected chi connectivity index (χ0v) is 11.1. The van der Waals surface area contributed by atoms with E-state index in [0.717, 1.165) is 24.8 Å². The summed E-state index contributed by atoms with van der Waals surface area (Å²) in [7, 11) is 0. The van der Waals surface area contributed by atoms with Gasteiger partial charge in [-0.2, -0.15) is 0 Å². The lowest BCUT2D eigenvalue weighted by molar-refractivity contribution is -0.135. The van der Waals surface area contributed by atoms with Crippen LogP contribution in [-0.2, 0) is 20.9 Å². The summed E-state index contributed by atoms with van der Waals surface area (Å²) in [5.41, 5.74) is 1.14. The summed E-state index contributed by atoms with van der Waals surface area (Å²) in [6.45, 7) is 2.33. The second-order valence-electron chi connectivity index (χ2n) is 4.68. The third-order valence-corrected chi connectivity index (χ3v) is 3.13. The predicted octanol–water partition coefficient (Wildman–Crippen LogP) is 1.89. The molecule has 0 aromatic heterocycles. The van der Waals surface area contributed by atoms with Gasteiger partial charge in [-0.1, -0.05) is 30.3 Å². The predicted molar refractivity (Wildman–Crippen MR) is 72.7 cm³/mol. The van der Waals surface area contributed by atoms with Crippen LogP contribution in [0, 0.1) is 0 Å². The van der Waals surface area contributed by atoms with Crippen molar-refractivity contribution in [3.63, 3.8) is 0 Å². The zero-order valence-electron chi connectivity index (χ0n) is 11.1. The first-order chi connectivity index (χ1) is 9.36. The van der Waals surface area contributed by atoms with Gasteiger partial charge in [-0.15, -0.1) is 0 Å². The van der Waals surface area contributed by atoms with Gasteiger partial charge in [0.1, 0.15) is 6.10 Å². The summed E-state index contributed by atoms with van der Waals surface area (Å²) in [5.74, 6) is -0.0111. The molecule has 1 saturated heterocycles. The van der Waals surface area contributed by atoms with Crippen LogP contribution in [0.2, 0.25) is 0 Å². The van der Waals surface area contributed by atoms with E-state index in [1.807, 2.05) is 30.3 Å². The minimum Gasteiger partial charge on any atom is -0.375 e. The van der Waals surface area contributed by atoms with E-state index in [2.05, 4.69) is 5.32 Å². The number of hydrogen-bond acceptors (Lipinski definition) is 3. The van der Waals surface area contributed by atoms with Crippen molar-refractivity contribution in [3.8, 4) is 0 Å². The Morgan fingerprint density at radius 1 is 1.32 bits per heavy atom. The summed E-state index contributed by atoms with van der Waals surface area (Å²) in [6, 6.07) is 10.00. The average molecular weight is 263 g/mol. The Labute approximate surface area is 114 Å². The summed E-state index contributed by atoms with van der Waals surface area (Å²) in [6.07, 6.45) is 2.70. The van der Waals surface area contributed by atoms with Crippen molar-refractivity contribution in [2.45, 2.75) is 32.0 Å². The van der Waals surface area contributed by atoms with Crippen molar-refractivity contribution in [3.05, 3.63) is 35.9 Å². The Balaban J connectivity index is 1.55. The average Bonchev–Trinajstić information content (AvgIpc) is 2.49. The fraction of sp³-hybridized carbons (Fsp3) is 0.533. The second kappa shape index (κ2) is 7.92. The van der Waals surface area contributed by atoms with Crippen molar-refractivity contribution >= 4 is 5.91 Å². The Morgan fingerprint density at radius 2 is 2.16 bits per heavy atom. The lowest BCUT2D eigenvalue weighted by Crippen LogP contribution is -2.39. The molecule has 4 heteroatoms. The van der Waals surface area contributed by atoms with Crippen LogP contribution in [-0.4, -0.2) is 31.8 Å². The first-order valence-corrected chi connectivity index (χ1v) is 6.87. The maximum Gasteiger partial charge on any atom is 0.249 e. The Bertz CT molecular complexity index is 374. The van der Waals surface area contributed by atoms with E-state index < -0.39 is 0 Å². The Hall–Kier alpha value is -1.39. The van der Waals surface area contributed by atoms with Gasteiger partial charge in [-0.3, -0.25) is 4.79 Å². The van der Waals surface area contributed by atoms with Gasteiger partial charge in [0.15, 0.2) is 0 Å². The van der Waals surface area contributed by atoms with E-state index in [4.69, 9.17) is 9.47 Å².